The van der Waals surface area contributed by atoms with Gasteiger partial charge in [0.1, 0.15) is 0 Å². The average Bonchev–Trinajstić information content (AvgIpc) is 3.06. The predicted molar refractivity (Wildman–Crippen MR) is 91.0 cm³/mol. The first-order valence-electron chi connectivity index (χ1n) is 7.73. The van der Waals surface area contributed by atoms with Crippen LogP contribution in [0.5, 0.6) is 0 Å². The van der Waals surface area contributed by atoms with Gasteiger partial charge in [-0.1, -0.05) is 12.1 Å². The third-order valence-electron chi connectivity index (χ3n) is 4.97. The number of nitrogens with two attached hydrogens (primary N) is 2. The summed E-state index contributed by atoms with van der Waals surface area (Å²) in [6, 6.07) is 6.65. The summed E-state index contributed by atoms with van der Waals surface area (Å²) in [4.78, 5) is 23.1. The van der Waals surface area contributed by atoms with Crippen molar-refractivity contribution in [2.75, 3.05) is 5.32 Å². The van der Waals surface area contributed by atoms with Crippen molar-refractivity contribution in [2.45, 2.75) is 31.8 Å². The Balaban J connectivity index is 0.00000192. The Bertz CT molecular complexity index is 576. The van der Waals surface area contributed by atoms with Crippen LogP contribution >= 0.6 is 12.4 Å². The number of rotatable bonds is 4. The monoisotopic (exact) mass is 338 g/mol. The summed E-state index contributed by atoms with van der Waals surface area (Å²) in [5.74, 6) is 1.02. The molecular weight excluding hydrogens is 316 g/mol. The number of amides is 3. The van der Waals surface area contributed by atoms with E-state index in [1.165, 1.54) is 6.42 Å². The maximum absolute atomic E-state index is 12.4. The summed E-state index contributed by atoms with van der Waals surface area (Å²) >= 11 is 0. The van der Waals surface area contributed by atoms with Gasteiger partial charge in [0, 0.05) is 18.3 Å². The highest BCUT2D eigenvalue weighted by Crippen LogP contribution is 2.47. The highest BCUT2D eigenvalue weighted by atomic mass is 35.5. The lowest BCUT2D eigenvalue weighted by atomic mass is 9.84. The van der Waals surface area contributed by atoms with Crippen molar-refractivity contribution in [3.8, 4) is 0 Å². The standard InChI is InChI=1S/C16H22N4O2.ClH/c17-14-11-4-3-10(7-11)13(14)15(21)19-8-9-1-5-12(6-2-9)20-16(18)22;/h1-2,5-6,10-11,13-14H,3-4,7-8,17H2,(H,19,21)(H3,18,20,22);1H. The topological polar surface area (TPSA) is 110 Å². The Morgan fingerprint density at radius 2 is 1.78 bits per heavy atom. The number of carbonyl (C=O) groups is 2. The van der Waals surface area contributed by atoms with E-state index >= 15 is 0 Å². The van der Waals surface area contributed by atoms with Gasteiger partial charge in [-0.25, -0.2) is 4.79 Å². The Morgan fingerprint density at radius 1 is 1.13 bits per heavy atom. The molecule has 23 heavy (non-hydrogen) atoms. The quantitative estimate of drug-likeness (QED) is 0.669. The lowest BCUT2D eigenvalue weighted by Gasteiger charge is -2.27. The number of primary amides is 1. The van der Waals surface area contributed by atoms with Gasteiger partial charge in [-0.15, -0.1) is 12.4 Å². The number of carbonyl (C=O) groups excluding carboxylic acids is 2. The number of hydrogen-bond acceptors (Lipinski definition) is 3. The SMILES string of the molecule is Cl.NC(=O)Nc1ccc(CNC(=O)C2C3CCC(C3)C2N)cc1. The van der Waals surface area contributed by atoms with E-state index in [2.05, 4.69) is 10.6 Å². The zero-order valence-electron chi connectivity index (χ0n) is 12.8. The van der Waals surface area contributed by atoms with Crippen molar-refractivity contribution in [2.24, 2.45) is 29.2 Å². The van der Waals surface area contributed by atoms with Gasteiger partial charge in [0.2, 0.25) is 5.91 Å². The smallest absolute Gasteiger partial charge is 0.316 e. The van der Waals surface area contributed by atoms with E-state index in [-0.39, 0.29) is 30.3 Å². The summed E-state index contributed by atoms with van der Waals surface area (Å²) in [6.45, 7) is 0.469. The number of urea groups is 1. The largest absolute Gasteiger partial charge is 0.352 e. The Hall–Kier alpha value is -1.79. The molecule has 0 aliphatic heterocycles. The predicted octanol–water partition coefficient (Wildman–Crippen LogP) is 1.59. The Morgan fingerprint density at radius 3 is 2.35 bits per heavy atom. The number of anilines is 1. The van der Waals surface area contributed by atoms with Crippen LogP contribution in [0.2, 0.25) is 0 Å². The average molecular weight is 339 g/mol. The van der Waals surface area contributed by atoms with Crippen LogP contribution in [0, 0.1) is 17.8 Å². The molecule has 126 valence electrons. The van der Waals surface area contributed by atoms with Gasteiger partial charge in [-0.05, 0) is 48.8 Å². The second-order valence-electron chi connectivity index (χ2n) is 6.34. The minimum absolute atomic E-state index is 0. The normalized spacial score (nSPS) is 28.0. The summed E-state index contributed by atoms with van der Waals surface area (Å²) in [6.07, 6.45) is 3.40. The van der Waals surface area contributed by atoms with Gasteiger partial charge >= 0.3 is 6.03 Å². The minimum atomic E-state index is -0.591. The van der Waals surface area contributed by atoms with Gasteiger partial charge in [0.25, 0.3) is 0 Å². The molecule has 4 atom stereocenters. The lowest BCUT2D eigenvalue weighted by molar-refractivity contribution is -0.127. The summed E-state index contributed by atoms with van der Waals surface area (Å²) in [5.41, 5.74) is 12.9. The van der Waals surface area contributed by atoms with Crippen molar-refractivity contribution >= 4 is 30.0 Å². The fraction of sp³-hybridized carbons (Fsp3) is 0.500. The summed E-state index contributed by atoms with van der Waals surface area (Å²) in [7, 11) is 0. The molecule has 0 aromatic heterocycles. The molecule has 2 aliphatic rings. The van der Waals surface area contributed by atoms with Crippen LogP contribution < -0.4 is 22.1 Å². The molecule has 2 fully saturated rings. The van der Waals surface area contributed by atoms with Crippen LogP contribution in [0.3, 0.4) is 0 Å². The molecule has 1 aromatic rings. The molecule has 6 N–H and O–H groups in total. The molecule has 0 radical (unpaired) electrons. The molecule has 3 rings (SSSR count). The second kappa shape index (κ2) is 7.19. The third-order valence-corrected chi connectivity index (χ3v) is 4.97. The van der Waals surface area contributed by atoms with Crippen molar-refractivity contribution in [3.63, 3.8) is 0 Å². The third kappa shape index (κ3) is 3.76. The molecule has 2 bridgehead atoms. The van der Waals surface area contributed by atoms with E-state index in [4.69, 9.17) is 11.5 Å². The molecule has 4 unspecified atom stereocenters. The van der Waals surface area contributed by atoms with Crippen LogP contribution in [-0.2, 0) is 11.3 Å². The summed E-state index contributed by atoms with van der Waals surface area (Å²) < 4.78 is 0. The lowest BCUT2D eigenvalue weighted by Crippen LogP contribution is -2.45. The number of benzene rings is 1. The molecule has 0 saturated heterocycles. The van der Waals surface area contributed by atoms with Crippen LogP contribution in [0.4, 0.5) is 10.5 Å². The maximum atomic E-state index is 12.4. The fourth-order valence-electron chi connectivity index (χ4n) is 3.88. The van der Waals surface area contributed by atoms with Gasteiger partial charge < -0.3 is 22.1 Å². The van der Waals surface area contributed by atoms with Gasteiger partial charge in [0.15, 0.2) is 0 Å². The second-order valence-corrected chi connectivity index (χ2v) is 6.34. The zero-order valence-corrected chi connectivity index (χ0v) is 13.6. The highest BCUT2D eigenvalue weighted by molar-refractivity contribution is 5.87. The zero-order chi connectivity index (χ0) is 15.7. The molecule has 0 heterocycles. The summed E-state index contributed by atoms with van der Waals surface area (Å²) in [5, 5.41) is 5.49. The molecule has 2 saturated carbocycles. The van der Waals surface area contributed by atoms with Crippen molar-refractivity contribution in [1.82, 2.24) is 5.32 Å². The number of fused-ring (bicyclic) bond motifs is 2. The van der Waals surface area contributed by atoms with E-state index in [9.17, 15) is 9.59 Å². The fourth-order valence-corrected chi connectivity index (χ4v) is 3.88. The van der Waals surface area contributed by atoms with Crippen molar-refractivity contribution in [1.29, 1.82) is 0 Å². The van der Waals surface area contributed by atoms with Crippen LogP contribution in [0.25, 0.3) is 0 Å². The first-order valence-corrected chi connectivity index (χ1v) is 7.73. The van der Waals surface area contributed by atoms with Crippen LogP contribution in [-0.4, -0.2) is 18.0 Å². The van der Waals surface area contributed by atoms with Gasteiger partial charge in [0.05, 0.1) is 5.92 Å². The van der Waals surface area contributed by atoms with E-state index < -0.39 is 6.03 Å². The molecule has 6 nitrogen and oxygen atoms in total. The first-order chi connectivity index (χ1) is 10.5. The number of nitrogens with one attached hydrogen (secondary N) is 2. The Labute approximate surface area is 141 Å². The molecule has 3 amide bonds. The molecule has 0 spiro atoms. The number of hydrogen-bond donors (Lipinski definition) is 4. The molecular formula is C16H23ClN4O2. The van der Waals surface area contributed by atoms with E-state index in [1.807, 2.05) is 12.1 Å². The Kier molecular flexibility index (Phi) is 5.49. The van der Waals surface area contributed by atoms with Gasteiger partial charge in [-0.3, -0.25) is 4.79 Å². The van der Waals surface area contributed by atoms with Crippen LogP contribution in [0.15, 0.2) is 24.3 Å². The van der Waals surface area contributed by atoms with Crippen LogP contribution in [0.1, 0.15) is 24.8 Å². The highest BCUT2D eigenvalue weighted by Gasteiger charge is 2.48. The van der Waals surface area contributed by atoms with Crippen molar-refractivity contribution < 1.29 is 9.59 Å². The molecule has 1 aromatic carbocycles. The van der Waals surface area contributed by atoms with E-state index in [0.717, 1.165) is 18.4 Å². The first kappa shape index (κ1) is 17.6. The van der Waals surface area contributed by atoms with E-state index in [1.54, 1.807) is 12.1 Å². The molecule has 7 heteroatoms. The van der Waals surface area contributed by atoms with E-state index in [0.29, 0.717) is 24.1 Å². The minimum Gasteiger partial charge on any atom is -0.352 e. The van der Waals surface area contributed by atoms with Crippen molar-refractivity contribution in [3.05, 3.63) is 29.8 Å². The van der Waals surface area contributed by atoms with Gasteiger partial charge in [-0.2, -0.15) is 0 Å². The molecule has 2 aliphatic carbocycles. The number of halogens is 1. The maximum Gasteiger partial charge on any atom is 0.316 e.